The molecule has 2 fully saturated rings. The van der Waals surface area contributed by atoms with Gasteiger partial charge in [0.25, 0.3) is 0 Å². The van der Waals surface area contributed by atoms with E-state index in [9.17, 15) is 9.90 Å². The van der Waals surface area contributed by atoms with Gasteiger partial charge >= 0.3 is 0 Å². The van der Waals surface area contributed by atoms with Crippen LogP contribution >= 0.6 is 0 Å². The number of piperidine rings is 1. The van der Waals surface area contributed by atoms with Crippen LogP contribution in [0.15, 0.2) is 0 Å². The third kappa shape index (κ3) is 4.41. The summed E-state index contributed by atoms with van der Waals surface area (Å²) in [7, 11) is 1.95. The Bertz CT molecular complexity index is 345. The van der Waals surface area contributed by atoms with Crippen molar-refractivity contribution in [2.75, 3.05) is 46.3 Å². The standard InChI is InChI=1S/C16H31N3O2/c1-13(20)10-19-8-4-14(5-9-19)11-18(3)15(21)16(2)6-7-17-12-16/h13-14,17,20H,4-12H2,1-3H3. The van der Waals surface area contributed by atoms with Crippen molar-refractivity contribution in [1.82, 2.24) is 15.1 Å². The lowest BCUT2D eigenvalue weighted by molar-refractivity contribution is -0.139. The number of aliphatic hydroxyl groups excluding tert-OH is 1. The highest BCUT2D eigenvalue weighted by Crippen LogP contribution is 2.28. The minimum absolute atomic E-state index is 0.207. The summed E-state index contributed by atoms with van der Waals surface area (Å²) in [6.07, 6.45) is 2.95. The second-order valence-electron chi connectivity index (χ2n) is 7.27. The highest BCUT2D eigenvalue weighted by molar-refractivity contribution is 5.82. The molecule has 2 aliphatic rings. The van der Waals surface area contributed by atoms with Crippen molar-refractivity contribution < 1.29 is 9.90 Å². The first-order valence-electron chi connectivity index (χ1n) is 8.27. The Balaban J connectivity index is 1.76. The molecule has 1 amide bonds. The van der Waals surface area contributed by atoms with Crippen LogP contribution in [0.4, 0.5) is 0 Å². The van der Waals surface area contributed by atoms with E-state index in [1.165, 1.54) is 0 Å². The first kappa shape index (κ1) is 16.7. The molecule has 2 unspecified atom stereocenters. The van der Waals surface area contributed by atoms with Gasteiger partial charge in [0.05, 0.1) is 11.5 Å². The van der Waals surface area contributed by atoms with Gasteiger partial charge in [0.15, 0.2) is 0 Å². The van der Waals surface area contributed by atoms with Crippen LogP contribution in [0, 0.1) is 11.3 Å². The van der Waals surface area contributed by atoms with Crippen molar-refractivity contribution in [1.29, 1.82) is 0 Å². The molecule has 0 radical (unpaired) electrons. The molecule has 2 atom stereocenters. The fraction of sp³-hybridized carbons (Fsp3) is 0.938. The SMILES string of the molecule is CC(O)CN1CCC(CN(C)C(=O)C2(C)CCNC2)CC1. The Morgan fingerprint density at radius 3 is 2.67 bits per heavy atom. The molecule has 122 valence electrons. The van der Waals surface area contributed by atoms with E-state index in [1.807, 2.05) is 18.9 Å². The Labute approximate surface area is 128 Å². The number of likely N-dealkylation sites (tertiary alicyclic amines) is 1. The number of β-amino-alcohol motifs (C(OH)–C–C–N with tert-alkyl or cyclic N) is 1. The molecule has 0 aromatic heterocycles. The maximum atomic E-state index is 12.6. The lowest BCUT2D eigenvalue weighted by Gasteiger charge is -2.36. The minimum atomic E-state index is -0.249. The Morgan fingerprint density at radius 2 is 2.14 bits per heavy atom. The first-order chi connectivity index (χ1) is 9.90. The number of rotatable bonds is 5. The summed E-state index contributed by atoms with van der Waals surface area (Å²) < 4.78 is 0. The molecular weight excluding hydrogens is 266 g/mol. The summed E-state index contributed by atoms with van der Waals surface area (Å²) in [5, 5.41) is 12.7. The minimum Gasteiger partial charge on any atom is -0.392 e. The molecule has 5 heteroatoms. The molecule has 0 aliphatic carbocycles. The molecule has 2 aliphatic heterocycles. The summed E-state index contributed by atoms with van der Waals surface area (Å²) in [5.74, 6) is 0.890. The molecule has 2 saturated heterocycles. The zero-order chi connectivity index (χ0) is 15.5. The fourth-order valence-corrected chi connectivity index (χ4v) is 3.66. The van der Waals surface area contributed by atoms with Gasteiger partial charge in [0.1, 0.15) is 0 Å². The highest BCUT2D eigenvalue weighted by atomic mass is 16.3. The van der Waals surface area contributed by atoms with E-state index in [2.05, 4.69) is 17.1 Å². The third-order valence-corrected chi connectivity index (χ3v) is 4.99. The summed E-state index contributed by atoms with van der Waals surface area (Å²) in [6, 6.07) is 0. The quantitative estimate of drug-likeness (QED) is 0.777. The number of carbonyl (C=O) groups excluding carboxylic acids is 1. The normalized spacial score (nSPS) is 29.5. The molecule has 0 spiro atoms. The molecule has 0 bridgehead atoms. The Morgan fingerprint density at radius 1 is 1.48 bits per heavy atom. The van der Waals surface area contributed by atoms with E-state index >= 15 is 0 Å². The van der Waals surface area contributed by atoms with Crippen molar-refractivity contribution in [3.63, 3.8) is 0 Å². The van der Waals surface area contributed by atoms with E-state index in [1.54, 1.807) is 0 Å². The van der Waals surface area contributed by atoms with Crippen LogP contribution in [0.3, 0.4) is 0 Å². The van der Waals surface area contributed by atoms with Crippen LogP contribution in [0.25, 0.3) is 0 Å². The smallest absolute Gasteiger partial charge is 0.229 e. The van der Waals surface area contributed by atoms with E-state index < -0.39 is 0 Å². The molecule has 0 aromatic rings. The van der Waals surface area contributed by atoms with E-state index in [-0.39, 0.29) is 11.5 Å². The van der Waals surface area contributed by atoms with Crippen molar-refractivity contribution >= 4 is 5.91 Å². The number of aliphatic hydroxyl groups is 1. The topological polar surface area (TPSA) is 55.8 Å². The maximum Gasteiger partial charge on any atom is 0.229 e. The van der Waals surface area contributed by atoms with Gasteiger partial charge in [0.2, 0.25) is 5.91 Å². The van der Waals surface area contributed by atoms with Gasteiger partial charge in [-0.2, -0.15) is 0 Å². The molecule has 0 saturated carbocycles. The Hall–Kier alpha value is -0.650. The number of hydrogen-bond donors (Lipinski definition) is 2. The number of hydrogen-bond acceptors (Lipinski definition) is 4. The van der Waals surface area contributed by atoms with E-state index in [0.717, 1.165) is 58.5 Å². The van der Waals surface area contributed by atoms with Crippen molar-refractivity contribution in [3.05, 3.63) is 0 Å². The van der Waals surface area contributed by atoms with Gasteiger partial charge in [-0.15, -0.1) is 0 Å². The molecule has 0 aromatic carbocycles. The third-order valence-electron chi connectivity index (χ3n) is 4.99. The second kappa shape index (κ2) is 7.07. The van der Waals surface area contributed by atoms with Crippen LogP contribution in [-0.4, -0.2) is 73.2 Å². The van der Waals surface area contributed by atoms with Gasteiger partial charge in [-0.1, -0.05) is 0 Å². The van der Waals surface area contributed by atoms with Crippen LogP contribution in [0.1, 0.15) is 33.1 Å². The first-order valence-corrected chi connectivity index (χ1v) is 8.27. The number of nitrogens with zero attached hydrogens (tertiary/aromatic N) is 2. The molecule has 2 heterocycles. The van der Waals surface area contributed by atoms with Gasteiger partial charge in [-0.3, -0.25) is 4.79 Å². The zero-order valence-corrected chi connectivity index (χ0v) is 13.8. The van der Waals surface area contributed by atoms with E-state index in [4.69, 9.17) is 0 Å². The largest absolute Gasteiger partial charge is 0.392 e. The van der Waals surface area contributed by atoms with E-state index in [0.29, 0.717) is 11.8 Å². The number of amides is 1. The molecule has 21 heavy (non-hydrogen) atoms. The van der Waals surface area contributed by atoms with Crippen LogP contribution in [0.2, 0.25) is 0 Å². The predicted octanol–water partition coefficient (Wildman–Crippen LogP) is 0.537. The molecule has 5 nitrogen and oxygen atoms in total. The van der Waals surface area contributed by atoms with Crippen molar-refractivity contribution in [3.8, 4) is 0 Å². The summed E-state index contributed by atoms with van der Waals surface area (Å²) in [6.45, 7) is 9.40. The van der Waals surface area contributed by atoms with Crippen molar-refractivity contribution in [2.24, 2.45) is 11.3 Å². The van der Waals surface area contributed by atoms with Crippen LogP contribution in [-0.2, 0) is 4.79 Å². The lowest BCUT2D eigenvalue weighted by atomic mass is 9.87. The second-order valence-corrected chi connectivity index (χ2v) is 7.27. The summed E-state index contributed by atoms with van der Waals surface area (Å²) in [5.41, 5.74) is -0.207. The van der Waals surface area contributed by atoms with Crippen molar-refractivity contribution in [2.45, 2.75) is 39.2 Å². The van der Waals surface area contributed by atoms with Gasteiger partial charge in [-0.25, -0.2) is 0 Å². The van der Waals surface area contributed by atoms with Gasteiger partial charge in [-0.05, 0) is 58.7 Å². The lowest BCUT2D eigenvalue weighted by Crippen LogP contribution is -2.45. The molecular formula is C16H31N3O2. The zero-order valence-electron chi connectivity index (χ0n) is 13.8. The molecule has 2 N–H and O–H groups in total. The maximum absolute atomic E-state index is 12.6. The fourth-order valence-electron chi connectivity index (χ4n) is 3.66. The summed E-state index contributed by atoms with van der Waals surface area (Å²) >= 11 is 0. The van der Waals surface area contributed by atoms with Crippen LogP contribution < -0.4 is 5.32 Å². The van der Waals surface area contributed by atoms with Gasteiger partial charge in [0, 0.05) is 26.7 Å². The monoisotopic (exact) mass is 297 g/mol. The van der Waals surface area contributed by atoms with Gasteiger partial charge < -0.3 is 20.2 Å². The highest BCUT2D eigenvalue weighted by Gasteiger charge is 2.38. The number of carbonyl (C=O) groups is 1. The molecule has 2 rings (SSSR count). The van der Waals surface area contributed by atoms with Crippen LogP contribution in [0.5, 0.6) is 0 Å². The Kier molecular flexibility index (Phi) is 5.63. The average Bonchev–Trinajstić information content (AvgIpc) is 2.87. The average molecular weight is 297 g/mol. The predicted molar refractivity (Wildman–Crippen MR) is 84.1 cm³/mol. The summed E-state index contributed by atoms with van der Waals surface area (Å²) in [4.78, 5) is 16.9. The number of nitrogens with one attached hydrogen (secondary N) is 1.